The second-order valence-electron chi connectivity index (χ2n) is 21.5. The maximum Gasteiger partial charge on any atom is 0.164 e. The zero-order chi connectivity index (χ0) is 56.7. The van der Waals surface area contributed by atoms with Crippen molar-refractivity contribution in [2.75, 3.05) is 0 Å². The predicted molar refractivity (Wildman–Crippen MR) is 351 cm³/mol. The zero-order valence-corrected chi connectivity index (χ0v) is 46.3. The maximum atomic E-state index is 11.1. The summed E-state index contributed by atoms with van der Waals surface area (Å²) < 4.78 is 9.50. The van der Waals surface area contributed by atoms with Crippen LogP contribution in [-0.4, -0.2) is 33.2 Å². The molecular weight excluding hydrogens is 1040 g/mol. The van der Waals surface area contributed by atoms with Crippen LogP contribution in [0.15, 0.2) is 267 Å². The highest BCUT2D eigenvalue weighted by Crippen LogP contribution is 2.46. The van der Waals surface area contributed by atoms with Crippen molar-refractivity contribution < 1.29 is 0 Å². The molecule has 0 saturated heterocycles. The van der Waals surface area contributed by atoms with Gasteiger partial charge in [0.25, 0.3) is 0 Å². The Balaban J connectivity index is 1.04. The molecule has 398 valence electrons. The second kappa shape index (κ2) is 19.8. The smallest absolute Gasteiger partial charge is 0.164 e. The normalized spacial score (nSPS) is 11.8. The Bertz CT molecular complexity index is 5390. The summed E-state index contributed by atoms with van der Waals surface area (Å²) in [4.78, 5) is 15.7. The Labute approximate surface area is 489 Å². The van der Waals surface area contributed by atoms with E-state index in [1.165, 1.54) is 16.2 Å². The molecule has 0 aliphatic rings. The number of benzene rings is 11. The van der Waals surface area contributed by atoms with Crippen LogP contribution >= 0.6 is 0 Å². The number of fused-ring (bicyclic) bond motifs is 10. The molecule has 0 saturated carbocycles. The van der Waals surface area contributed by atoms with Crippen molar-refractivity contribution >= 4 is 88.5 Å². The molecule has 0 bridgehead atoms. The van der Waals surface area contributed by atoms with Crippen molar-refractivity contribution in [1.82, 2.24) is 33.2 Å². The molecule has 0 amide bonds. The maximum absolute atomic E-state index is 11.1. The Morgan fingerprint density at radius 3 is 1.28 bits per heavy atom. The van der Waals surface area contributed by atoms with Gasteiger partial charge in [-0.25, -0.2) is 15.0 Å². The molecule has 0 spiro atoms. The van der Waals surface area contributed by atoms with Crippen LogP contribution < -0.4 is 0 Å². The van der Waals surface area contributed by atoms with E-state index in [0.717, 1.165) is 122 Å². The number of para-hydroxylation sites is 5. The minimum Gasteiger partial charge on any atom is -0.309 e. The van der Waals surface area contributed by atoms with Crippen LogP contribution in [0.3, 0.4) is 0 Å². The number of nitrogens with zero attached hydrogens (tertiary/aromatic N) is 8. The number of hydrogen-bond donors (Lipinski definition) is 0. The Kier molecular flexibility index (Phi) is 11.5. The van der Waals surface area contributed by atoms with Crippen LogP contribution in [0, 0.1) is 11.3 Å². The summed E-state index contributed by atoms with van der Waals surface area (Å²) >= 11 is 0. The summed E-state index contributed by atoms with van der Waals surface area (Å²) in [6, 6.07) is 92.0. The lowest BCUT2D eigenvalue weighted by Crippen LogP contribution is -2.05. The molecule has 0 fully saturated rings. The van der Waals surface area contributed by atoms with Crippen LogP contribution in [0.4, 0.5) is 0 Å². The standard InChI is InChI=1S/C77H50N8/c1-3-23-55-61-44-62-56-32-17-20-35-66(56)82(53-28-13-7-14-29-53)71(62)46-73(61)84(65(55)4-2)69-40-38-49(48-78)42-59(69)60-43-52(77-80-75(50-24-9-5-10-25-50)79-76(81-77)51-26-11-6-12-27-51)39-41-70(60)85-68-37-22-19-34-58(68)64-45-63-57-33-18-21-36-67(57)83(72(63)47-74(64)85)54-30-15-8-16-31-54/h3-47H,2H2,1H3/b23-3-. The van der Waals surface area contributed by atoms with Crippen LogP contribution in [0.1, 0.15) is 23.7 Å². The number of rotatable bonds is 10. The van der Waals surface area contributed by atoms with E-state index < -0.39 is 0 Å². The van der Waals surface area contributed by atoms with Gasteiger partial charge in [0.1, 0.15) is 0 Å². The fourth-order valence-electron chi connectivity index (χ4n) is 13.0. The number of hydrogen-bond acceptors (Lipinski definition) is 4. The molecular formula is C77H50N8. The van der Waals surface area contributed by atoms with Crippen molar-refractivity contribution in [3.63, 3.8) is 0 Å². The van der Waals surface area contributed by atoms with Gasteiger partial charge in [0.2, 0.25) is 0 Å². The average Bonchev–Trinajstić information content (AvgIpc) is 1.87. The molecule has 8 nitrogen and oxygen atoms in total. The van der Waals surface area contributed by atoms with E-state index in [9.17, 15) is 5.26 Å². The molecule has 0 N–H and O–H groups in total. The van der Waals surface area contributed by atoms with Crippen molar-refractivity contribution in [2.45, 2.75) is 6.92 Å². The van der Waals surface area contributed by atoms with Crippen molar-refractivity contribution in [1.29, 1.82) is 5.26 Å². The third-order valence-electron chi connectivity index (χ3n) is 16.7. The van der Waals surface area contributed by atoms with Crippen molar-refractivity contribution in [2.24, 2.45) is 0 Å². The van der Waals surface area contributed by atoms with E-state index in [2.05, 4.69) is 232 Å². The average molecular weight is 1090 g/mol. The van der Waals surface area contributed by atoms with E-state index in [-0.39, 0.29) is 0 Å². The highest BCUT2D eigenvalue weighted by Gasteiger charge is 2.26. The summed E-state index contributed by atoms with van der Waals surface area (Å²) in [7, 11) is 0. The SMILES string of the molecule is C=Cc1c(/C=C\C)c2cc3c4ccccc4n(-c4ccccc4)c3cc2n1-c1ccc(C#N)cc1-c1cc(-c2nc(-c3ccccc3)nc(-c3ccccc3)n2)ccc1-n1c2ccccc2c2cc3c4ccccc4n(-c4ccccc4)c3cc21. The summed E-state index contributed by atoms with van der Waals surface area (Å²) in [5.74, 6) is 1.64. The first-order valence-corrected chi connectivity index (χ1v) is 28.6. The molecule has 16 aromatic rings. The minimum atomic E-state index is 0.513. The second-order valence-corrected chi connectivity index (χ2v) is 21.5. The topological polar surface area (TPSA) is 82.2 Å². The zero-order valence-electron chi connectivity index (χ0n) is 46.3. The first kappa shape index (κ1) is 49.2. The predicted octanol–water partition coefficient (Wildman–Crippen LogP) is 19.3. The molecule has 0 aliphatic carbocycles. The third kappa shape index (κ3) is 7.79. The number of nitriles is 1. The first-order valence-electron chi connectivity index (χ1n) is 28.6. The van der Waals surface area contributed by atoms with Gasteiger partial charge in [-0.1, -0.05) is 170 Å². The Morgan fingerprint density at radius 2 is 0.776 bits per heavy atom. The molecule has 11 aromatic carbocycles. The van der Waals surface area contributed by atoms with Crippen LogP contribution in [-0.2, 0) is 0 Å². The summed E-state index contributed by atoms with van der Waals surface area (Å²) in [5, 5.41) is 19.0. The monoisotopic (exact) mass is 1090 g/mol. The van der Waals surface area contributed by atoms with Gasteiger partial charge in [0, 0.05) is 82.5 Å². The van der Waals surface area contributed by atoms with Gasteiger partial charge in [-0.05, 0) is 116 Å². The van der Waals surface area contributed by atoms with Gasteiger partial charge < -0.3 is 18.3 Å². The molecule has 0 unspecified atom stereocenters. The summed E-state index contributed by atoms with van der Waals surface area (Å²) in [5.41, 5.74) is 18.1. The fraction of sp³-hybridized carbons (Fsp3) is 0.0130. The van der Waals surface area contributed by atoms with Crippen LogP contribution in [0.2, 0.25) is 0 Å². The number of aromatic nitrogens is 7. The number of allylic oxidation sites excluding steroid dienone is 1. The molecule has 0 radical (unpaired) electrons. The fourth-order valence-corrected chi connectivity index (χ4v) is 13.0. The van der Waals surface area contributed by atoms with Crippen molar-refractivity contribution in [3.8, 4) is 74.1 Å². The van der Waals surface area contributed by atoms with Gasteiger partial charge in [-0.3, -0.25) is 0 Å². The molecule has 5 aromatic heterocycles. The van der Waals surface area contributed by atoms with E-state index in [4.69, 9.17) is 15.0 Å². The Morgan fingerprint density at radius 1 is 0.365 bits per heavy atom. The summed E-state index contributed by atoms with van der Waals surface area (Å²) in [6.07, 6.45) is 6.26. The van der Waals surface area contributed by atoms with Crippen molar-refractivity contribution in [3.05, 3.63) is 284 Å². The van der Waals surface area contributed by atoms with E-state index in [1.54, 1.807) is 0 Å². The highest BCUT2D eigenvalue weighted by atomic mass is 15.1. The van der Waals surface area contributed by atoms with Crippen LogP contribution in [0.5, 0.6) is 0 Å². The lowest BCUT2D eigenvalue weighted by Gasteiger charge is -2.20. The van der Waals surface area contributed by atoms with E-state index in [1.807, 2.05) is 78.9 Å². The minimum absolute atomic E-state index is 0.513. The Hall–Kier alpha value is -11.7. The van der Waals surface area contributed by atoms with E-state index >= 15 is 0 Å². The lowest BCUT2D eigenvalue weighted by atomic mass is 9.96. The highest BCUT2D eigenvalue weighted by molar-refractivity contribution is 6.20. The van der Waals surface area contributed by atoms with Crippen LogP contribution in [0.25, 0.3) is 157 Å². The van der Waals surface area contributed by atoms with Gasteiger partial charge in [-0.15, -0.1) is 0 Å². The molecule has 16 rings (SSSR count). The molecule has 0 aliphatic heterocycles. The first-order chi connectivity index (χ1) is 42.0. The molecule has 8 heteroatoms. The van der Waals surface area contributed by atoms with Gasteiger partial charge >= 0.3 is 0 Å². The van der Waals surface area contributed by atoms with Gasteiger partial charge in [0.05, 0.1) is 67.3 Å². The molecule has 5 heterocycles. The van der Waals surface area contributed by atoms with Gasteiger partial charge in [0.15, 0.2) is 17.5 Å². The third-order valence-corrected chi connectivity index (χ3v) is 16.7. The van der Waals surface area contributed by atoms with E-state index in [0.29, 0.717) is 23.0 Å². The summed E-state index contributed by atoms with van der Waals surface area (Å²) in [6.45, 7) is 6.60. The largest absolute Gasteiger partial charge is 0.309 e. The molecule has 0 atom stereocenters. The molecule has 85 heavy (non-hydrogen) atoms. The van der Waals surface area contributed by atoms with Gasteiger partial charge in [-0.2, -0.15) is 5.26 Å². The lowest BCUT2D eigenvalue weighted by molar-refractivity contribution is 1.07. The quantitative estimate of drug-likeness (QED) is 0.137.